The van der Waals surface area contributed by atoms with Gasteiger partial charge in [-0.25, -0.2) is 0 Å². The number of amides is 3. The highest BCUT2D eigenvalue weighted by Crippen LogP contribution is 2.26. The number of carbonyl (C=O) groups is 3. The van der Waals surface area contributed by atoms with Gasteiger partial charge in [-0.2, -0.15) is 0 Å². The molecule has 1 aliphatic heterocycles. The number of fused-ring (bicyclic) bond motifs is 1. The van der Waals surface area contributed by atoms with Gasteiger partial charge in [-0.3, -0.25) is 19.3 Å². The zero-order valence-electron chi connectivity index (χ0n) is 16.4. The topological polar surface area (TPSA) is 75.7 Å². The molecule has 2 aromatic rings. The van der Waals surface area contributed by atoms with Crippen LogP contribution in [0.4, 0.5) is 5.69 Å². The van der Waals surface area contributed by atoms with Crippen LogP contribution in [0.15, 0.2) is 42.5 Å². The minimum atomic E-state index is -0.347. The van der Waals surface area contributed by atoms with Gasteiger partial charge in [-0.15, -0.1) is 0 Å². The highest BCUT2D eigenvalue weighted by Gasteiger charge is 2.32. The van der Waals surface area contributed by atoms with Crippen LogP contribution < -0.4 is 10.1 Å². The monoisotopic (exact) mass is 392 g/mol. The van der Waals surface area contributed by atoms with E-state index in [1.807, 2.05) is 24.3 Å². The quantitative estimate of drug-likeness (QED) is 0.759. The summed E-state index contributed by atoms with van der Waals surface area (Å²) in [5, 5.41) is 2.81. The first kappa shape index (κ1) is 19.2. The Kier molecular flexibility index (Phi) is 5.34. The Morgan fingerprint density at radius 1 is 1.07 bits per heavy atom. The molecule has 150 valence electrons. The summed E-state index contributed by atoms with van der Waals surface area (Å²) in [6.45, 7) is 0. The number of aryl methyl sites for hydroxylation is 1. The molecule has 1 N–H and O–H groups in total. The third-order valence-corrected chi connectivity index (χ3v) is 5.52. The number of nitrogens with one attached hydrogen (secondary N) is 1. The predicted octanol–water partition coefficient (Wildman–Crippen LogP) is 3.81. The van der Waals surface area contributed by atoms with Crippen LogP contribution in [0.2, 0.25) is 0 Å². The molecule has 0 radical (unpaired) electrons. The van der Waals surface area contributed by atoms with E-state index in [9.17, 15) is 14.4 Å². The van der Waals surface area contributed by atoms with Crippen molar-refractivity contribution >= 4 is 23.4 Å². The van der Waals surface area contributed by atoms with Crippen molar-refractivity contribution in [1.29, 1.82) is 0 Å². The molecule has 1 fully saturated rings. The predicted molar refractivity (Wildman–Crippen MR) is 109 cm³/mol. The third kappa shape index (κ3) is 4.16. The van der Waals surface area contributed by atoms with E-state index < -0.39 is 0 Å². The van der Waals surface area contributed by atoms with Gasteiger partial charge in [0, 0.05) is 19.2 Å². The van der Waals surface area contributed by atoms with Crippen LogP contribution in [-0.4, -0.2) is 35.8 Å². The summed E-state index contributed by atoms with van der Waals surface area (Å²) < 4.78 is 6.02. The van der Waals surface area contributed by atoms with Crippen LogP contribution in [0.5, 0.6) is 5.75 Å². The SMILES string of the molecule is CN1C(=O)c2ccc(NC(=O)CCc3cccc(OC4CCCC4)c3)cc2C1=O. The van der Waals surface area contributed by atoms with Gasteiger partial charge >= 0.3 is 0 Å². The lowest BCUT2D eigenvalue weighted by molar-refractivity contribution is -0.116. The van der Waals surface area contributed by atoms with Gasteiger partial charge in [0.1, 0.15) is 5.75 Å². The summed E-state index contributed by atoms with van der Waals surface area (Å²) >= 11 is 0. The average Bonchev–Trinajstić information content (AvgIpc) is 3.30. The van der Waals surface area contributed by atoms with Crippen LogP contribution in [0, 0.1) is 0 Å². The molecule has 2 aliphatic rings. The Balaban J connectivity index is 1.34. The van der Waals surface area contributed by atoms with Crippen molar-refractivity contribution in [2.75, 3.05) is 12.4 Å². The van der Waals surface area contributed by atoms with E-state index in [1.165, 1.54) is 19.9 Å². The van der Waals surface area contributed by atoms with E-state index in [-0.39, 0.29) is 17.7 Å². The second-order valence-corrected chi connectivity index (χ2v) is 7.65. The van der Waals surface area contributed by atoms with Crippen molar-refractivity contribution in [2.45, 2.75) is 44.6 Å². The molecule has 0 bridgehead atoms. The van der Waals surface area contributed by atoms with E-state index in [2.05, 4.69) is 5.32 Å². The first-order valence-corrected chi connectivity index (χ1v) is 10.0. The highest BCUT2D eigenvalue weighted by atomic mass is 16.5. The second kappa shape index (κ2) is 8.07. The zero-order valence-corrected chi connectivity index (χ0v) is 16.4. The van der Waals surface area contributed by atoms with E-state index in [0.29, 0.717) is 35.8 Å². The Morgan fingerprint density at radius 3 is 2.62 bits per heavy atom. The summed E-state index contributed by atoms with van der Waals surface area (Å²) in [6.07, 6.45) is 5.89. The van der Waals surface area contributed by atoms with Crippen LogP contribution in [-0.2, 0) is 11.2 Å². The summed E-state index contributed by atoms with van der Waals surface area (Å²) in [5.74, 6) is 0.0562. The van der Waals surface area contributed by atoms with Crippen LogP contribution in [0.3, 0.4) is 0 Å². The molecule has 0 saturated heterocycles. The van der Waals surface area contributed by atoms with Crippen LogP contribution in [0.1, 0.15) is 58.4 Å². The van der Waals surface area contributed by atoms with E-state index >= 15 is 0 Å². The number of benzene rings is 2. The maximum absolute atomic E-state index is 12.4. The Bertz CT molecular complexity index is 963. The van der Waals surface area contributed by atoms with Crippen molar-refractivity contribution in [3.63, 3.8) is 0 Å². The first-order chi connectivity index (χ1) is 14.0. The van der Waals surface area contributed by atoms with Gasteiger partial charge in [0.15, 0.2) is 0 Å². The number of imide groups is 1. The largest absolute Gasteiger partial charge is 0.490 e. The van der Waals surface area contributed by atoms with Gasteiger partial charge in [-0.05, 0) is 68.0 Å². The number of hydrogen-bond donors (Lipinski definition) is 1. The number of rotatable bonds is 6. The third-order valence-electron chi connectivity index (χ3n) is 5.52. The number of ether oxygens (including phenoxy) is 1. The fourth-order valence-electron chi connectivity index (χ4n) is 3.89. The van der Waals surface area contributed by atoms with Crippen molar-refractivity contribution in [3.8, 4) is 5.75 Å². The summed E-state index contributed by atoms with van der Waals surface area (Å²) in [4.78, 5) is 37.5. The standard InChI is InChI=1S/C23H24N2O4/c1-25-22(27)19-11-10-16(14-20(19)23(25)28)24-21(26)12-9-15-5-4-8-18(13-15)29-17-6-2-3-7-17/h4-5,8,10-11,13-14,17H,2-3,6-7,9,12H2,1H3,(H,24,26). The van der Waals surface area contributed by atoms with Crippen molar-refractivity contribution in [2.24, 2.45) is 0 Å². The molecule has 0 unspecified atom stereocenters. The van der Waals surface area contributed by atoms with Gasteiger partial charge in [0.05, 0.1) is 17.2 Å². The van der Waals surface area contributed by atoms with E-state index in [1.54, 1.807) is 18.2 Å². The number of nitrogens with zero attached hydrogens (tertiary/aromatic N) is 1. The summed E-state index contributed by atoms with van der Waals surface area (Å²) in [6, 6.07) is 12.7. The molecule has 29 heavy (non-hydrogen) atoms. The fraction of sp³-hybridized carbons (Fsp3) is 0.348. The molecule has 4 rings (SSSR count). The van der Waals surface area contributed by atoms with Crippen LogP contribution in [0.25, 0.3) is 0 Å². The smallest absolute Gasteiger partial charge is 0.261 e. The highest BCUT2D eigenvalue weighted by molar-refractivity contribution is 6.21. The minimum Gasteiger partial charge on any atom is -0.490 e. The molecule has 6 nitrogen and oxygen atoms in total. The van der Waals surface area contributed by atoms with E-state index in [0.717, 1.165) is 29.1 Å². The summed E-state index contributed by atoms with van der Waals surface area (Å²) in [5.41, 5.74) is 2.26. The molecular weight excluding hydrogens is 368 g/mol. The van der Waals surface area contributed by atoms with Crippen molar-refractivity contribution in [1.82, 2.24) is 4.90 Å². The normalized spacial score (nSPS) is 16.2. The number of carbonyl (C=O) groups excluding carboxylic acids is 3. The fourth-order valence-corrected chi connectivity index (χ4v) is 3.89. The zero-order chi connectivity index (χ0) is 20.4. The lowest BCUT2D eigenvalue weighted by Gasteiger charge is -2.14. The molecule has 1 heterocycles. The van der Waals surface area contributed by atoms with Gasteiger partial charge in [0.25, 0.3) is 11.8 Å². The summed E-state index contributed by atoms with van der Waals surface area (Å²) in [7, 11) is 1.45. The Labute approximate surface area is 169 Å². The second-order valence-electron chi connectivity index (χ2n) is 7.65. The van der Waals surface area contributed by atoms with Crippen molar-refractivity contribution in [3.05, 3.63) is 59.2 Å². The molecule has 0 atom stereocenters. The maximum atomic E-state index is 12.4. The molecule has 0 spiro atoms. The maximum Gasteiger partial charge on any atom is 0.261 e. The molecule has 3 amide bonds. The van der Waals surface area contributed by atoms with Gasteiger partial charge in [-0.1, -0.05) is 12.1 Å². The number of anilines is 1. The molecular formula is C23H24N2O4. The van der Waals surface area contributed by atoms with Crippen molar-refractivity contribution < 1.29 is 19.1 Å². The molecule has 0 aromatic heterocycles. The molecule has 2 aromatic carbocycles. The Hall–Kier alpha value is -3.15. The first-order valence-electron chi connectivity index (χ1n) is 10.0. The molecule has 1 aliphatic carbocycles. The lowest BCUT2D eigenvalue weighted by atomic mass is 10.1. The number of hydrogen-bond acceptors (Lipinski definition) is 4. The minimum absolute atomic E-state index is 0.141. The molecule has 1 saturated carbocycles. The molecule has 6 heteroatoms. The van der Waals surface area contributed by atoms with Gasteiger partial charge < -0.3 is 10.1 Å². The Morgan fingerprint density at radius 2 is 1.83 bits per heavy atom. The van der Waals surface area contributed by atoms with Crippen LogP contribution >= 0.6 is 0 Å². The van der Waals surface area contributed by atoms with Gasteiger partial charge in [0.2, 0.25) is 5.91 Å². The average molecular weight is 392 g/mol. The van der Waals surface area contributed by atoms with E-state index in [4.69, 9.17) is 4.74 Å². The lowest BCUT2D eigenvalue weighted by Crippen LogP contribution is -2.24.